The molecule has 0 saturated carbocycles. The number of rotatable bonds is 7. The van der Waals surface area contributed by atoms with E-state index in [1.165, 1.54) is 6.08 Å². The molecule has 1 rings (SSSR count). The third-order valence-corrected chi connectivity index (χ3v) is 4.22. The molecule has 0 aliphatic carbocycles. The summed E-state index contributed by atoms with van der Waals surface area (Å²) in [5, 5.41) is 13.3. The Balaban J connectivity index is 2.63. The molecule has 0 saturated heterocycles. The van der Waals surface area contributed by atoms with Gasteiger partial charge in [0.25, 0.3) is 0 Å². The van der Waals surface area contributed by atoms with E-state index in [0.717, 1.165) is 18.4 Å². The summed E-state index contributed by atoms with van der Waals surface area (Å²) >= 11 is 11.8. The first-order valence-electron chi connectivity index (χ1n) is 6.97. The van der Waals surface area contributed by atoms with E-state index in [-0.39, 0.29) is 17.9 Å². The summed E-state index contributed by atoms with van der Waals surface area (Å²) < 4.78 is 0. The van der Waals surface area contributed by atoms with E-state index in [2.05, 4.69) is 5.32 Å². The van der Waals surface area contributed by atoms with Crippen LogP contribution in [0.5, 0.6) is 0 Å². The van der Waals surface area contributed by atoms with Crippen LogP contribution in [0.2, 0.25) is 10.0 Å². The summed E-state index contributed by atoms with van der Waals surface area (Å²) in [7, 11) is 0. The lowest BCUT2D eigenvalue weighted by molar-refractivity contribution is -0.117. The number of hydrogen-bond acceptors (Lipinski definition) is 2. The third-order valence-electron chi connectivity index (χ3n) is 3.79. The molecule has 0 bridgehead atoms. The Kier molecular flexibility index (Phi) is 7.23. The summed E-state index contributed by atoms with van der Waals surface area (Å²) in [5.41, 5.74) is 0.519. The van der Waals surface area contributed by atoms with Gasteiger partial charge in [-0.05, 0) is 42.7 Å². The molecule has 116 valence electrons. The van der Waals surface area contributed by atoms with Crippen LogP contribution in [-0.2, 0) is 4.79 Å². The van der Waals surface area contributed by atoms with Gasteiger partial charge in [0.2, 0.25) is 5.91 Å². The fourth-order valence-electron chi connectivity index (χ4n) is 1.96. The zero-order valence-corrected chi connectivity index (χ0v) is 13.8. The largest absolute Gasteiger partial charge is 0.396 e. The summed E-state index contributed by atoms with van der Waals surface area (Å²) in [6, 6.07) is 5.10. The number of aliphatic hydroxyl groups is 1. The molecule has 1 aromatic carbocycles. The van der Waals surface area contributed by atoms with Crippen molar-refractivity contribution in [2.75, 3.05) is 13.2 Å². The van der Waals surface area contributed by atoms with Gasteiger partial charge in [-0.1, -0.05) is 37.0 Å². The highest BCUT2D eigenvalue weighted by Gasteiger charge is 2.25. The Morgan fingerprint density at radius 2 is 1.81 bits per heavy atom. The first-order chi connectivity index (χ1) is 9.94. The van der Waals surface area contributed by atoms with Gasteiger partial charge in [-0.25, -0.2) is 0 Å². The predicted octanol–water partition coefficient (Wildman–Crippen LogP) is 3.92. The van der Waals surface area contributed by atoms with Gasteiger partial charge in [-0.3, -0.25) is 4.79 Å². The van der Waals surface area contributed by atoms with Crippen molar-refractivity contribution in [2.45, 2.75) is 26.7 Å². The van der Waals surface area contributed by atoms with Crippen molar-refractivity contribution in [3.05, 3.63) is 39.9 Å². The smallest absolute Gasteiger partial charge is 0.244 e. The van der Waals surface area contributed by atoms with E-state index < -0.39 is 0 Å². The van der Waals surface area contributed by atoms with Gasteiger partial charge in [0.1, 0.15) is 0 Å². The fraction of sp³-hybridized carbons (Fsp3) is 0.438. The SMILES string of the molecule is CCC(CC)(CO)CNC(=O)/C=C/c1cc(Cl)cc(Cl)c1. The molecule has 1 amide bonds. The minimum absolute atomic E-state index is 0.0634. The van der Waals surface area contributed by atoms with Gasteiger partial charge in [0.05, 0.1) is 6.61 Å². The van der Waals surface area contributed by atoms with Crippen molar-refractivity contribution < 1.29 is 9.90 Å². The van der Waals surface area contributed by atoms with Crippen LogP contribution in [0.4, 0.5) is 0 Å². The van der Waals surface area contributed by atoms with Gasteiger partial charge in [-0.2, -0.15) is 0 Å². The van der Waals surface area contributed by atoms with Crippen LogP contribution in [0.1, 0.15) is 32.3 Å². The van der Waals surface area contributed by atoms with E-state index in [1.807, 2.05) is 13.8 Å². The third kappa shape index (κ3) is 5.70. The first kappa shape index (κ1) is 18.0. The standard InChI is InChI=1S/C16H21Cl2NO2/c1-3-16(4-2,11-20)10-19-15(21)6-5-12-7-13(17)9-14(18)8-12/h5-9,20H,3-4,10-11H2,1-2H3,(H,19,21)/b6-5+. The maximum Gasteiger partial charge on any atom is 0.244 e. The zero-order chi connectivity index (χ0) is 15.9. The Hall–Kier alpha value is -1.03. The van der Waals surface area contributed by atoms with Crippen molar-refractivity contribution in [3.63, 3.8) is 0 Å². The second kappa shape index (κ2) is 8.42. The highest BCUT2D eigenvalue weighted by atomic mass is 35.5. The molecule has 0 spiro atoms. The Morgan fingerprint density at radius 1 is 1.24 bits per heavy atom. The minimum Gasteiger partial charge on any atom is -0.396 e. The minimum atomic E-state index is -0.247. The van der Waals surface area contributed by atoms with Crippen LogP contribution < -0.4 is 5.32 Å². The van der Waals surface area contributed by atoms with Crippen LogP contribution in [0.3, 0.4) is 0 Å². The number of nitrogens with one attached hydrogen (secondary N) is 1. The van der Waals surface area contributed by atoms with Gasteiger partial charge >= 0.3 is 0 Å². The molecule has 0 fully saturated rings. The molecular formula is C16H21Cl2NO2. The number of hydrogen-bond donors (Lipinski definition) is 2. The molecule has 2 N–H and O–H groups in total. The molecule has 0 unspecified atom stereocenters. The fourth-order valence-corrected chi connectivity index (χ4v) is 2.50. The molecule has 0 heterocycles. The van der Waals surface area contributed by atoms with Gasteiger partial charge in [0.15, 0.2) is 0 Å². The first-order valence-corrected chi connectivity index (χ1v) is 7.73. The van der Waals surface area contributed by atoms with Crippen molar-refractivity contribution in [1.29, 1.82) is 0 Å². The molecular weight excluding hydrogens is 309 g/mol. The second-order valence-electron chi connectivity index (χ2n) is 5.12. The highest BCUT2D eigenvalue weighted by Crippen LogP contribution is 2.24. The van der Waals surface area contributed by atoms with Gasteiger partial charge in [-0.15, -0.1) is 0 Å². The van der Waals surface area contributed by atoms with Crippen molar-refractivity contribution >= 4 is 35.2 Å². The molecule has 0 radical (unpaired) electrons. The van der Waals surface area contributed by atoms with Gasteiger partial charge < -0.3 is 10.4 Å². The number of amides is 1. The summed E-state index contributed by atoms with van der Waals surface area (Å²) in [5.74, 6) is -0.203. The van der Waals surface area contributed by atoms with E-state index in [0.29, 0.717) is 16.6 Å². The Labute approximate surface area is 136 Å². The average molecular weight is 330 g/mol. The molecule has 0 atom stereocenters. The number of carbonyl (C=O) groups is 1. The normalized spacial score (nSPS) is 11.9. The number of carbonyl (C=O) groups excluding carboxylic acids is 1. The van der Waals surface area contributed by atoms with Crippen LogP contribution in [0, 0.1) is 5.41 Å². The quantitative estimate of drug-likeness (QED) is 0.745. The Bertz CT molecular complexity index is 482. The van der Waals surface area contributed by atoms with E-state index >= 15 is 0 Å². The molecule has 21 heavy (non-hydrogen) atoms. The lowest BCUT2D eigenvalue weighted by Crippen LogP contribution is -2.38. The van der Waals surface area contributed by atoms with E-state index in [4.69, 9.17) is 23.2 Å². The number of aliphatic hydroxyl groups excluding tert-OH is 1. The summed E-state index contributed by atoms with van der Waals surface area (Å²) in [4.78, 5) is 11.8. The lowest BCUT2D eigenvalue weighted by Gasteiger charge is -2.29. The average Bonchev–Trinajstić information content (AvgIpc) is 2.46. The predicted molar refractivity (Wildman–Crippen MR) is 88.6 cm³/mol. The summed E-state index contributed by atoms with van der Waals surface area (Å²) in [6.45, 7) is 4.54. The lowest BCUT2D eigenvalue weighted by atomic mass is 9.83. The second-order valence-corrected chi connectivity index (χ2v) is 5.99. The van der Waals surface area contributed by atoms with Crippen molar-refractivity contribution in [1.82, 2.24) is 5.32 Å². The van der Waals surface area contributed by atoms with Crippen LogP contribution >= 0.6 is 23.2 Å². The van der Waals surface area contributed by atoms with Crippen LogP contribution in [0.25, 0.3) is 6.08 Å². The number of benzene rings is 1. The van der Waals surface area contributed by atoms with Crippen LogP contribution in [-0.4, -0.2) is 24.2 Å². The molecule has 0 aromatic heterocycles. The van der Waals surface area contributed by atoms with Crippen molar-refractivity contribution in [2.24, 2.45) is 5.41 Å². The topological polar surface area (TPSA) is 49.3 Å². The zero-order valence-electron chi connectivity index (χ0n) is 12.3. The summed E-state index contributed by atoms with van der Waals surface area (Å²) in [6.07, 6.45) is 4.73. The molecule has 0 aliphatic heterocycles. The monoisotopic (exact) mass is 329 g/mol. The maximum atomic E-state index is 11.8. The molecule has 1 aromatic rings. The molecule has 5 heteroatoms. The number of halogens is 2. The van der Waals surface area contributed by atoms with Crippen molar-refractivity contribution in [3.8, 4) is 0 Å². The Morgan fingerprint density at radius 3 is 2.29 bits per heavy atom. The maximum absolute atomic E-state index is 11.8. The highest BCUT2D eigenvalue weighted by molar-refractivity contribution is 6.34. The molecule has 3 nitrogen and oxygen atoms in total. The van der Waals surface area contributed by atoms with E-state index in [9.17, 15) is 9.90 Å². The van der Waals surface area contributed by atoms with Gasteiger partial charge in [0, 0.05) is 28.1 Å². The van der Waals surface area contributed by atoms with Crippen LogP contribution in [0.15, 0.2) is 24.3 Å². The molecule has 0 aliphatic rings. The van der Waals surface area contributed by atoms with E-state index in [1.54, 1.807) is 24.3 Å².